The van der Waals surface area contributed by atoms with E-state index in [1.54, 1.807) is 15.9 Å². The van der Waals surface area contributed by atoms with E-state index in [0.29, 0.717) is 30.1 Å². The quantitative estimate of drug-likeness (QED) is 0.866. The molecule has 0 aromatic heterocycles. The smallest absolute Gasteiger partial charge is 0.256 e. The number of thioether (sulfide) groups is 1. The number of anilines is 1. The van der Waals surface area contributed by atoms with Crippen LogP contribution in [0.2, 0.25) is 0 Å². The van der Waals surface area contributed by atoms with Gasteiger partial charge < -0.3 is 15.1 Å². The maximum atomic E-state index is 13.2. The van der Waals surface area contributed by atoms with Gasteiger partial charge in [0.25, 0.3) is 5.91 Å². The molecule has 6 nitrogen and oxygen atoms in total. The molecule has 4 rings (SSSR count). The van der Waals surface area contributed by atoms with Crippen molar-refractivity contribution in [3.05, 3.63) is 54.1 Å². The first-order valence-corrected chi connectivity index (χ1v) is 10.6. The number of amides is 3. The molecule has 7 heteroatoms. The summed E-state index contributed by atoms with van der Waals surface area (Å²) in [6.45, 7) is 1.03. The van der Waals surface area contributed by atoms with Crippen molar-refractivity contribution in [1.29, 1.82) is 0 Å². The highest BCUT2D eigenvalue weighted by molar-refractivity contribution is 7.99. The number of nitrogens with zero attached hydrogens (tertiary/aromatic N) is 2. The Kier molecular flexibility index (Phi) is 5.09. The van der Waals surface area contributed by atoms with Crippen molar-refractivity contribution in [3.63, 3.8) is 0 Å². The van der Waals surface area contributed by atoms with Crippen LogP contribution >= 0.6 is 11.8 Å². The lowest BCUT2D eigenvalue weighted by Crippen LogP contribution is -2.59. The van der Waals surface area contributed by atoms with E-state index in [1.165, 1.54) is 11.8 Å². The standard InChI is InChI=1S/C21H21N3O3S/c1-28-13-19(25)23-9-10-24-18(12-23)20(26)22-17-8-7-15(11-16(17)21(24)27)14-5-3-2-4-6-14/h2-8,11,18H,9-10,12-13H2,1H3,(H,22,26). The third-order valence-corrected chi connectivity index (χ3v) is 5.71. The van der Waals surface area contributed by atoms with Crippen LogP contribution < -0.4 is 5.32 Å². The Morgan fingerprint density at radius 1 is 1.11 bits per heavy atom. The van der Waals surface area contributed by atoms with Crippen LogP contribution in [0.15, 0.2) is 48.5 Å². The van der Waals surface area contributed by atoms with Crippen molar-refractivity contribution in [2.45, 2.75) is 6.04 Å². The molecule has 1 N–H and O–H groups in total. The molecular formula is C21H21N3O3S. The maximum absolute atomic E-state index is 13.2. The van der Waals surface area contributed by atoms with E-state index in [9.17, 15) is 14.4 Å². The van der Waals surface area contributed by atoms with E-state index in [4.69, 9.17) is 0 Å². The van der Waals surface area contributed by atoms with Gasteiger partial charge in [0, 0.05) is 13.1 Å². The highest BCUT2D eigenvalue weighted by Gasteiger charge is 2.40. The van der Waals surface area contributed by atoms with Gasteiger partial charge in [0.05, 0.1) is 23.5 Å². The lowest BCUT2D eigenvalue weighted by atomic mass is 10.0. The van der Waals surface area contributed by atoms with Gasteiger partial charge in [0.15, 0.2) is 0 Å². The summed E-state index contributed by atoms with van der Waals surface area (Å²) in [7, 11) is 0. The maximum Gasteiger partial charge on any atom is 0.256 e. The summed E-state index contributed by atoms with van der Waals surface area (Å²) in [6, 6.07) is 14.7. The fourth-order valence-corrected chi connectivity index (χ4v) is 4.13. The molecule has 2 aromatic rings. The molecule has 1 fully saturated rings. The molecule has 2 aliphatic heterocycles. The zero-order valence-corrected chi connectivity index (χ0v) is 16.4. The second-order valence-corrected chi connectivity index (χ2v) is 7.77. The summed E-state index contributed by atoms with van der Waals surface area (Å²) in [5.41, 5.74) is 2.94. The lowest BCUT2D eigenvalue weighted by Gasteiger charge is -2.39. The molecule has 1 unspecified atom stereocenters. The fourth-order valence-electron chi connectivity index (χ4n) is 3.70. The number of benzene rings is 2. The minimum Gasteiger partial charge on any atom is -0.338 e. The summed E-state index contributed by atoms with van der Waals surface area (Å²) in [4.78, 5) is 41.5. The molecule has 28 heavy (non-hydrogen) atoms. The van der Waals surface area contributed by atoms with Crippen LogP contribution in [-0.4, -0.2) is 65.2 Å². The van der Waals surface area contributed by atoms with E-state index in [2.05, 4.69) is 5.32 Å². The Hall–Kier alpha value is -2.80. The van der Waals surface area contributed by atoms with Gasteiger partial charge in [0.2, 0.25) is 11.8 Å². The lowest BCUT2D eigenvalue weighted by molar-refractivity contribution is -0.133. The molecular weight excluding hydrogens is 374 g/mol. The molecule has 0 saturated carbocycles. The Balaban J connectivity index is 1.65. The van der Waals surface area contributed by atoms with Gasteiger partial charge in [-0.2, -0.15) is 11.8 Å². The first-order valence-electron chi connectivity index (χ1n) is 9.16. The van der Waals surface area contributed by atoms with Gasteiger partial charge in [-0.15, -0.1) is 0 Å². The number of fused-ring (bicyclic) bond motifs is 2. The van der Waals surface area contributed by atoms with Crippen LogP contribution in [0.5, 0.6) is 0 Å². The van der Waals surface area contributed by atoms with Gasteiger partial charge in [-0.05, 0) is 29.5 Å². The van der Waals surface area contributed by atoms with E-state index >= 15 is 0 Å². The minimum atomic E-state index is -0.667. The minimum absolute atomic E-state index is 0.000485. The Bertz CT molecular complexity index is 932. The topological polar surface area (TPSA) is 69.7 Å². The molecule has 0 spiro atoms. The van der Waals surface area contributed by atoms with Gasteiger partial charge in [-0.3, -0.25) is 14.4 Å². The average molecular weight is 395 g/mol. The van der Waals surface area contributed by atoms with Gasteiger partial charge in [0.1, 0.15) is 6.04 Å². The zero-order chi connectivity index (χ0) is 19.7. The van der Waals surface area contributed by atoms with Crippen LogP contribution in [0.4, 0.5) is 5.69 Å². The van der Waals surface area contributed by atoms with Crippen LogP contribution in [-0.2, 0) is 9.59 Å². The van der Waals surface area contributed by atoms with E-state index in [0.717, 1.165) is 11.1 Å². The largest absolute Gasteiger partial charge is 0.338 e. The molecule has 0 aliphatic carbocycles. The number of hydrogen-bond donors (Lipinski definition) is 1. The van der Waals surface area contributed by atoms with Crippen LogP contribution in [0.1, 0.15) is 10.4 Å². The summed E-state index contributed by atoms with van der Waals surface area (Å²) in [5, 5.41) is 2.88. The summed E-state index contributed by atoms with van der Waals surface area (Å²) < 4.78 is 0. The summed E-state index contributed by atoms with van der Waals surface area (Å²) >= 11 is 1.46. The van der Waals surface area contributed by atoms with Crippen molar-refractivity contribution in [2.24, 2.45) is 0 Å². The van der Waals surface area contributed by atoms with Gasteiger partial charge in [-0.1, -0.05) is 36.4 Å². The summed E-state index contributed by atoms with van der Waals surface area (Å²) in [5.74, 6) is -0.0435. The Labute approximate surface area is 167 Å². The van der Waals surface area contributed by atoms with Gasteiger partial charge in [-0.25, -0.2) is 0 Å². The SMILES string of the molecule is CSCC(=O)N1CCN2C(=O)c3cc(-c4ccccc4)ccc3NC(=O)C2C1. The number of piperazine rings is 1. The molecule has 144 valence electrons. The predicted molar refractivity (Wildman–Crippen MR) is 110 cm³/mol. The third-order valence-electron chi connectivity index (χ3n) is 5.18. The Morgan fingerprint density at radius 3 is 2.64 bits per heavy atom. The molecule has 2 heterocycles. The molecule has 1 saturated heterocycles. The van der Waals surface area contributed by atoms with E-state index in [1.807, 2.05) is 48.7 Å². The number of nitrogens with one attached hydrogen (secondary N) is 1. The average Bonchev–Trinajstić information content (AvgIpc) is 2.83. The highest BCUT2D eigenvalue weighted by Crippen LogP contribution is 2.30. The van der Waals surface area contributed by atoms with Crippen LogP contribution in [0.3, 0.4) is 0 Å². The second-order valence-electron chi connectivity index (χ2n) is 6.90. The molecule has 3 amide bonds. The molecule has 0 bridgehead atoms. The molecule has 2 aromatic carbocycles. The normalized spacial score (nSPS) is 18.8. The monoisotopic (exact) mass is 395 g/mol. The molecule has 2 aliphatic rings. The third kappa shape index (κ3) is 3.38. The number of hydrogen-bond acceptors (Lipinski definition) is 4. The first kappa shape index (κ1) is 18.6. The van der Waals surface area contributed by atoms with Crippen molar-refractivity contribution >= 4 is 35.2 Å². The molecule has 1 atom stereocenters. The fraction of sp³-hybridized carbons (Fsp3) is 0.286. The van der Waals surface area contributed by atoms with E-state index < -0.39 is 6.04 Å². The number of carbonyl (C=O) groups is 3. The van der Waals surface area contributed by atoms with Crippen molar-refractivity contribution < 1.29 is 14.4 Å². The molecule has 0 radical (unpaired) electrons. The van der Waals surface area contributed by atoms with Crippen LogP contribution in [0.25, 0.3) is 11.1 Å². The van der Waals surface area contributed by atoms with Crippen molar-refractivity contribution in [3.8, 4) is 11.1 Å². The first-order chi connectivity index (χ1) is 13.6. The van der Waals surface area contributed by atoms with Crippen LogP contribution in [0, 0.1) is 0 Å². The predicted octanol–water partition coefficient (Wildman–Crippen LogP) is 2.32. The highest BCUT2D eigenvalue weighted by atomic mass is 32.2. The number of rotatable bonds is 3. The van der Waals surface area contributed by atoms with Gasteiger partial charge >= 0.3 is 0 Å². The second kappa shape index (κ2) is 7.67. The van der Waals surface area contributed by atoms with Crippen molar-refractivity contribution in [1.82, 2.24) is 9.80 Å². The number of carbonyl (C=O) groups excluding carboxylic acids is 3. The van der Waals surface area contributed by atoms with Crippen molar-refractivity contribution in [2.75, 3.05) is 37.0 Å². The van der Waals surface area contributed by atoms with E-state index in [-0.39, 0.29) is 24.3 Å². The zero-order valence-electron chi connectivity index (χ0n) is 15.6. The Morgan fingerprint density at radius 2 is 1.89 bits per heavy atom. The summed E-state index contributed by atoms with van der Waals surface area (Å²) in [6.07, 6.45) is 1.87.